The maximum atomic E-state index is 8.51. The Morgan fingerprint density at radius 2 is 0.660 bits per heavy atom. The quantitative estimate of drug-likeness (QED) is 0.0836. The van der Waals surface area contributed by atoms with E-state index in [1.165, 1.54) is 0 Å². The first kappa shape index (κ1) is 31.9. The van der Waals surface area contributed by atoms with Crippen LogP contribution in [0.3, 0.4) is 0 Å². The average molecular weight is 714 g/mol. The van der Waals surface area contributed by atoms with Crippen molar-refractivity contribution >= 4 is 8.80 Å². The van der Waals surface area contributed by atoms with E-state index in [0.29, 0.717) is 6.54 Å². The third-order valence-electron chi connectivity index (χ3n) is 13.4. The van der Waals surface area contributed by atoms with E-state index in [2.05, 4.69) is 65.7 Å². The highest BCUT2D eigenvalue weighted by molar-refractivity contribution is 6.61. The molecule has 16 nitrogen and oxygen atoms in total. The Bertz CT molecular complexity index is 1190. The molecule has 0 aromatic heterocycles. The first-order valence-electron chi connectivity index (χ1n) is 20.3. The monoisotopic (exact) mass is 713 g/mol. The minimum absolute atomic E-state index is 0.330. The van der Waals surface area contributed by atoms with E-state index in [0.717, 1.165) is 170 Å². The van der Waals surface area contributed by atoms with E-state index in [1.807, 2.05) is 0 Å². The van der Waals surface area contributed by atoms with Gasteiger partial charge in [-0.25, -0.2) is 0 Å². The largest absolute Gasteiger partial charge is 0.508 e. The van der Waals surface area contributed by atoms with Crippen LogP contribution in [-0.2, 0) is 13.3 Å². The molecular formula is C33H59N13O3Si. The topological polar surface area (TPSA) is 89.8 Å². The van der Waals surface area contributed by atoms with Gasteiger partial charge in [0.25, 0.3) is 0 Å². The number of hydrogen-bond acceptors (Lipinski definition) is 16. The van der Waals surface area contributed by atoms with Crippen LogP contribution in [0.25, 0.3) is 0 Å². The standard InChI is InChI=1S/C33H59N13O3Si/c1-29(35-4-5-35,36-6-7-36)47-50(28-2-3-34,48-32(43-20-21-43,44-22-23-44)30(37-8-9-37,38-10-11-38)39-12-13-39)49-33(45-24-25-45,46-26-27-46)31(40-14-15-40,41-16-17-41)42-18-19-42/h2-28,34H2,1H3. The summed E-state index contributed by atoms with van der Waals surface area (Å²) < 4.78 is 25.1. The van der Waals surface area contributed by atoms with Crippen LogP contribution in [0.15, 0.2) is 0 Å². The van der Waals surface area contributed by atoms with E-state index in [9.17, 15) is 0 Å². The van der Waals surface area contributed by atoms with Crippen molar-refractivity contribution in [3.05, 3.63) is 0 Å². The van der Waals surface area contributed by atoms with Gasteiger partial charge in [0.1, 0.15) is 0 Å². The Morgan fingerprint density at radius 3 is 0.880 bits per heavy atom. The van der Waals surface area contributed by atoms with Crippen LogP contribution in [0.5, 0.6) is 0 Å². The third-order valence-corrected chi connectivity index (χ3v) is 16.3. The number of rotatable bonds is 23. The van der Waals surface area contributed by atoms with Crippen molar-refractivity contribution in [1.82, 2.24) is 58.8 Å². The molecule has 12 heterocycles. The SMILES string of the molecule is CC(O[Si](CCCN)(OC(N1CC1)(N1CC1)C(N1CC1)(N1CC1)N1CC1)OC(N1CC1)(N1CC1)C(N1CC1)(N1CC1)N1CC1)(N1CC1)N1CC1. The van der Waals surface area contributed by atoms with Crippen molar-refractivity contribution in [2.45, 2.75) is 48.5 Å². The van der Waals surface area contributed by atoms with Crippen molar-refractivity contribution in [3.63, 3.8) is 0 Å². The summed E-state index contributed by atoms with van der Waals surface area (Å²) in [6.07, 6.45) is 0.822. The van der Waals surface area contributed by atoms with Gasteiger partial charge in [-0.2, -0.15) is 0 Å². The van der Waals surface area contributed by atoms with Gasteiger partial charge in [-0.05, 0) is 19.9 Å². The van der Waals surface area contributed by atoms with Crippen molar-refractivity contribution < 1.29 is 13.3 Å². The summed E-state index contributed by atoms with van der Waals surface area (Å²) in [5.74, 6) is -2.55. The van der Waals surface area contributed by atoms with Gasteiger partial charge in [-0.1, -0.05) is 0 Å². The highest BCUT2D eigenvalue weighted by atomic mass is 28.4. The Kier molecular flexibility index (Phi) is 6.79. The molecule has 50 heavy (non-hydrogen) atoms. The highest BCUT2D eigenvalue weighted by Gasteiger charge is 2.82. The zero-order valence-corrected chi connectivity index (χ0v) is 31.3. The summed E-state index contributed by atoms with van der Waals surface area (Å²) in [5, 5.41) is 0. The number of nitrogens with zero attached hydrogens (tertiary/aromatic N) is 12. The van der Waals surface area contributed by atoms with Gasteiger partial charge in [-0.3, -0.25) is 58.8 Å². The van der Waals surface area contributed by atoms with E-state index >= 15 is 0 Å². The normalized spacial score (nSPS) is 31.8. The van der Waals surface area contributed by atoms with E-state index < -0.39 is 26.4 Å². The fourth-order valence-corrected chi connectivity index (χ4v) is 13.8. The van der Waals surface area contributed by atoms with Gasteiger partial charge in [-0.15, -0.1) is 0 Å². The lowest BCUT2D eigenvalue weighted by molar-refractivity contribution is -0.320. The minimum Gasteiger partial charge on any atom is -0.341 e. The van der Waals surface area contributed by atoms with Gasteiger partial charge >= 0.3 is 8.80 Å². The maximum Gasteiger partial charge on any atom is 0.508 e. The van der Waals surface area contributed by atoms with E-state index in [4.69, 9.17) is 19.0 Å². The van der Waals surface area contributed by atoms with Crippen molar-refractivity contribution in [2.24, 2.45) is 5.73 Å². The molecule has 0 aromatic rings. The molecule has 0 atom stereocenters. The lowest BCUT2D eigenvalue weighted by Crippen LogP contribution is -2.82. The second-order valence-corrected chi connectivity index (χ2v) is 19.6. The zero-order chi connectivity index (χ0) is 33.1. The van der Waals surface area contributed by atoms with Crippen LogP contribution in [0.1, 0.15) is 13.3 Å². The van der Waals surface area contributed by atoms with Gasteiger partial charge in [0.05, 0.1) is 0 Å². The highest BCUT2D eigenvalue weighted by Crippen LogP contribution is 2.59. The van der Waals surface area contributed by atoms with E-state index in [-0.39, 0.29) is 11.6 Å². The summed E-state index contributed by atoms with van der Waals surface area (Å²) in [4.78, 5) is 32.1. The Balaban J connectivity index is 1.06. The predicted molar refractivity (Wildman–Crippen MR) is 186 cm³/mol. The zero-order valence-electron chi connectivity index (χ0n) is 30.3. The molecule has 12 aliphatic heterocycles. The minimum atomic E-state index is -3.68. The second-order valence-electron chi connectivity index (χ2n) is 17.1. The summed E-state index contributed by atoms with van der Waals surface area (Å²) in [7, 11) is -3.68. The smallest absolute Gasteiger partial charge is 0.341 e. The fraction of sp³-hybridized carbons (Fsp3) is 1.00. The molecule has 0 radical (unpaired) electrons. The van der Waals surface area contributed by atoms with Crippen LogP contribution < -0.4 is 5.73 Å². The maximum absolute atomic E-state index is 8.51. The third kappa shape index (κ3) is 4.68. The van der Waals surface area contributed by atoms with E-state index in [1.54, 1.807) is 0 Å². The molecule has 0 spiro atoms. The van der Waals surface area contributed by atoms with Crippen LogP contribution in [-0.4, -0.2) is 260 Å². The van der Waals surface area contributed by atoms with Crippen LogP contribution in [0, 0.1) is 0 Å². The summed E-state index contributed by atoms with van der Waals surface area (Å²) in [5.41, 5.74) is 6.52. The molecule has 0 amide bonds. The summed E-state index contributed by atoms with van der Waals surface area (Å²) in [6.45, 7) is 28.9. The molecular weight excluding hydrogens is 655 g/mol. The lowest BCUT2D eigenvalue weighted by atomic mass is 10.1. The molecule has 12 rings (SSSR count). The molecule has 12 aliphatic rings. The lowest BCUT2D eigenvalue weighted by Gasteiger charge is -2.60. The number of nitrogens with two attached hydrogens (primary N) is 1. The first-order chi connectivity index (χ1) is 24.4. The Labute approximate surface area is 298 Å². The molecule has 12 saturated heterocycles. The van der Waals surface area contributed by atoms with Crippen molar-refractivity contribution in [1.29, 1.82) is 0 Å². The molecule has 17 heteroatoms. The summed E-state index contributed by atoms with van der Waals surface area (Å²) in [6, 6.07) is 0.722. The molecule has 2 N–H and O–H groups in total. The van der Waals surface area contributed by atoms with Gasteiger partial charge in [0.15, 0.2) is 17.4 Å². The van der Waals surface area contributed by atoms with Crippen LogP contribution >= 0.6 is 0 Å². The molecule has 0 saturated carbocycles. The molecule has 0 unspecified atom stereocenters. The van der Waals surface area contributed by atoms with Crippen molar-refractivity contribution in [3.8, 4) is 0 Å². The fourth-order valence-electron chi connectivity index (χ4n) is 10.2. The molecule has 0 aliphatic carbocycles. The molecule has 0 bridgehead atoms. The first-order valence-corrected chi connectivity index (χ1v) is 22.2. The van der Waals surface area contributed by atoms with Gasteiger partial charge in [0.2, 0.25) is 11.7 Å². The number of hydrogen-bond donors (Lipinski definition) is 1. The van der Waals surface area contributed by atoms with Crippen LogP contribution in [0.2, 0.25) is 6.04 Å². The summed E-state index contributed by atoms with van der Waals surface area (Å²) >= 11 is 0. The Hall–Kier alpha value is -0.423. The van der Waals surface area contributed by atoms with Gasteiger partial charge < -0.3 is 19.0 Å². The average Bonchev–Trinajstić information content (AvgIpc) is 3.89. The van der Waals surface area contributed by atoms with Crippen molar-refractivity contribution in [2.75, 3.05) is 164 Å². The molecule has 278 valence electrons. The molecule has 0 aromatic carbocycles. The predicted octanol–water partition coefficient (Wildman–Crippen LogP) is -3.60. The second kappa shape index (κ2) is 10.7. The van der Waals surface area contributed by atoms with Crippen LogP contribution in [0.4, 0.5) is 0 Å². The van der Waals surface area contributed by atoms with Gasteiger partial charge in [0, 0.05) is 163 Å². The Morgan fingerprint density at radius 1 is 0.400 bits per heavy atom. The molecule has 12 fully saturated rings.